The molecule has 0 aliphatic rings. The van der Waals surface area contributed by atoms with Crippen LogP contribution in [0.2, 0.25) is 0 Å². The van der Waals surface area contributed by atoms with E-state index in [4.69, 9.17) is 10.0 Å². The third-order valence-electron chi connectivity index (χ3n) is 9.70. The van der Waals surface area contributed by atoms with Gasteiger partial charge in [0, 0.05) is 104 Å². The Balaban J connectivity index is 0.000000155. The molecule has 10 rings (SSSR count). The maximum absolute atomic E-state index is 12.9. The van der Waals surface area contributed by atoms with Crippen molar-refractivity contribution in [2.75, 3.05) is 0 Å². The van der Waals surface area contributed by atoms with Gasteiger partial charge in [0.05, 0.1) is 20.9 Å². The summed E-state index contributed by atoms with van der Waals surface area (Å²) in [4.78, 5) is 47.9. The van der Waals surface area contributed by atoms with Gasteiger partial charge >= 0.3 is 7.12 Å². The molecule has 0 spiro atoms. The predicted octanol–water partition coefficient (Wildman–Crippen LogP) is 10.7. The number of hydrogen-bond donors (Lipinski definition) is 3. The zero-order valence-corrected chi connectivity index (χ0v) is 36.5. The van der Waals surface area contributed by atoms with Crippen molar-refractivity contribution in [3.8, 4) is 44.8 Å². The monoisotopic (exact) mass is 993 g/mol. The van der Waals surface area contributed by atoms with Gasteiger partial charge < -0.3 is 15.0 Å². The second kappa shape index (κ2) is 23.2. The summed E-state index contributed by atoms with van der Waals surface area (Å²) < 4.78 is 38.4. The lowest BCUT2D eigenvalue weighted by Crippen LogP contribution is -2.30. The summed E-state index contributed by atoms with van der Waals surface area (Å²) in [6, 6.07) is 39.0. The average Bonchev–Trinajstić information content (AvgIpc) is 3.73. The van der Waals surface area contributed by atoms with Crippen LogP contribution in [0.25, 0.3) is 66.7 Å². The number of aromatic amines is 1. The zero-order valence-electron chi connectivity index (χ0n) is 34.9. The Morgan fingerprint density at radius 1 is 0.493 bits per heavy atom. The second-order valence-corrected chi connectivity index (χ2v) is 15.1. The molecule has 15 nitrogen and oxygen atoms in total. The van der Waals surface area contributed by atoms with E-state index in [9.17, 15) is 33.4 Å². The van der Waals surface area contributed by atoms with Gasteiger partial charge in [0.2, 0.25) is 17.8 Å². The van der Waals surface area contributed by atoms with Crippen LogP contribution < -0.4 is 5.46 Å². The topological polar surface area (TPSA) is 220 Å². The van der Waals surface area contributed by atoms with Crippen LogP contribution in [-0.2, 0) is 0 Å². The smallest absolute Gasteiger partial charge is 0.423 e. The summed E-state index contributed by atoms with van der Waals surface area (Å²) in [6.45, 7) is 0. The van der Waals surface area contributed by atoms with Crippen LogP contribution in [0.5, 0.6) is 0 Å². The van der Waals surface area contributed by atoms with E-state index in [1.54, 1.807) is 54.9 Å². The second-order valence-electron chi connectivity index (χ2n) is 14.2. The lowest BCUT2D eigenvalue weighted by Gasteiger charge is -2.05. The molecule has 0 aliphatic carbocycles. The van der Waals surface area contributed by atoms with Crippen LogP contribution in [0.1, 0.15) is 7.43 Å². The molecule has 344 valence electrons. The number of rotatable bonds is 7. The first-order valence-electron chi connectivity index (χ1n) is 20.0. The molecule has 0 amide bonds. The minimum atomic E-state index is -1.58. The van der Waals surface area contributed by atoms with Gasteiger partial charge in [-0.3, -0.25) is 25.2 Å². The van der Waals surface area contributed by atoms with Crippen molar-refractivity contribution in [3.05, 3.63) is 219 Å². The lowest BCUT2D eigenvalue weighted by atomic mass is 9.82. The Morgan fingerprint density at radius 2 is 0.957 bits per heavy atom. The minimum Gasteiger partial charge on any atom is -0.423 e. The standard InChI is InChI=1S/C16H10FN3O2.C16H10FN3.C11H7BrN2O2.C5H5BFNO2.CH4/c17-15-7-6-12(9-18-15)13-8-14(20(21)22)16(19-10-13)11-4-2-1-3-5-11;17-15-6-5-10(8-18-15)11-7-14-16(19-9-11)12-3-1-2-4-13(12)20-14;12-9-6-10(14(15)16)11(13-7-9)8-4-2-1-3-5-8;7-5-2-1-4(3-8-5)6(9)10;/h1-10H;1-9,20H;1-7H;1-3,9-10H;1H4. The van der Waals surface area contributed by atoms with Crippen LogP contribution in [0, 0.1) is 38.1 Å². The number of nitrogens with one attached hydrogen (secondary N) is 1. The maximum Gasteiger partial charge on any atom is 0.490 e. The van der Waals surface area contributed by atoms with Crippen molar-refractivity contribution >= 4 is 61.8 Å². The largest absolute Gasteiger partial charge is 0.490 e. The minimum absolute atomic E-state index is 0. The number of fused-ring (bicyclic) bond motifs is 3. The van der Waals surface area contributed by atoms with E-state index < -0.39 is 34.8 Å². The molecule has 0 aliphatic heterocycles. The molecule has 0 unspecified atom stereocenters. The van der Waals surface area contributed by atoms with Gasteiger partial charge in [-0.2, -0.15) is 13.2 Å². The molecule has 0 saturated heterocycles. The summed E-state index contributed by atoms with van der Waals surface area (Å²) in [7, 11) is -1.58. The van der Waals surface area contributed by atoms with Gasteiger partial charge in [0.1, 0.15) is 11.4 Å². The molecule has 0 atom stereocenters. The Kier molecular flexibility index (Phi) is 16.8. The first-order chi connectivity index (χ1) is 32.8. The van der Waals surface area contributed by atoms with Crippen molar-refractivity contribution in [1.82, 2.24) is 34.9 Å². The molecule has 3 aromatic carbocycles. The highest BCUT2D eigenvalue weighted by atomic mass is 79.9. The van der Waals surface area contributed by atoms with E-state index in [2.05, 4.69) is 50.8 Å². The Bertz CT molecular complexity index is 3330. The molecule has 0 bridgehead atoms. The fraction of sp³-hybridized carbons (Fsp3) is 0.0204. The number of aromatic nitrogens is 7. The van der Waals surface area contributed by atoms with E-state index >= 15 is 0 Å². The van der Waals surface area contributed by atoms with E-state index in [1.807, 2.05) is 54.6 Å². The van der Waals surface area contributed by atoms with E-state index in [1.165, 1.54) is 55.0 Å². The summed E-state index contributed by atoms with van der Waals surface area (Å²) in [5, 5.41) is 40.3. The molecule has 0 fully saturated rings. The van der Waals surface area contributed by atoms with Gasteiger partial charge in [-0.25, -0.2) is 24.9 Å². The fourth-order valence-corrected chi connectivity index (χ4v) is 6.78. The molecule has 7 heterocycles. The first-order valence-corrected chi connectivity index (χ1v) is 20.8. The number of nitrogens with zero attached hydrogens (tertiary/aromatic N) is 8. The molecule has 7 aromatic heterocycles. The average molecular weight is 995 g/mol. The summed E-state index contributed by atoms with van der Waals surface area (Å²) in [6.07, 6.45) is 8.76. The van der Waals surface area contributed by atoms with Crippen molar-refractivity contribution < 1.29 is 33.1 Å². The summed E-state index contributed by atoms with van der Waals surface area (Å²) >= 11 is 3.17. The van der Waals surface area contributed by atoms with Gasteiger partial charge in [0.15, 0.2) is 0 Å². The normalized spacial score (nSPS) is 10.3. The highest BCUT2D eigenvalue weighted by Gasteiger charge is 2.19. The van der Waals surface area contributed by atoms with Crippen LogP contribution in [-0.4, -0.2) is 61.9 Å². The summed E-state index contributed by atoms with van der Waals surface area (Å²) in [5.41, 5.74) is 7.97. The quantitative estimate of drug-likeness (QED) is 0.0588. The SMILES string of the molecule is C.Fc1ccc(-c2cnc3c(c2)[nH]c2ccccc23)cn1.O=[N+]([O-])c1cc(-c2ccc(F)nc2)cnc1-c1ccccc1.O=[N+]([O-])c1cc(Br)cnc1-c1ccccc1.OB(O)c1ccc(F)nc1. The lowest BCUT2D eigenvalue weighted by molar-refractivity contribution is -0.384. The number of hydrogen-bond acceptors (Lipinski definition) is 12. The molecule has 10 aromatic rings. The van der Waals surface area contributed by atoms with Crippen molar-refractivity contribution in [2.45, 2.75) is 7.43 Å². The molecule has 0 saturated carbocycles. The highest BCUT2D eigenvalue weighted by molar-refractivity contribution is 9.10. The van der Waals surface area contributed by atoms with Gasteiger partial charge in [-0.1, -0.05) is 92.4 Å². The highest BCUT2D eigenvalue weighted by Crippen LogP contribution is 2.33. The Hall–Kier alpha value is -8.59. The molecule has 69 heavy (non-hydrogen) atoms. The number of H-pyrrole nitrogens is 1. The van der Waals surface area contributed by atoms with Crippen LogP contribution in [0.3, 0.4) is 0 Å². The summed E-state index contributed by atoms with van der Waals surface area (Å²) in [5.74, 6) is -1.72. The number of benzene rings is 3. The van der Waals surface area contributed by atoms with E-state index in [0.717, 1.165) is 50.9 Å². The fourth-order valence-electron chi connectivity index (χ4n) is 6.46. The van der Waals surface area contributed by atoms with Crippen molar-refractivity contribution in [1.29, 1.82) is 0 Å². The van der Waals surface area contributed by atoms with Crippen LogP contribution >= 0.6 is 15.9 Å². The number of pyridine rings is 6. The van der Waals surface area contributed by atoms with Gasteiger partial charge in [-0.15, -0.1) is 0 Å². The molecule has 20 heteroatoms. The molecular weight excluding hydrogens is 958 g/mol. The zero-order chi connectivity index (χ0) is 48.2. The molecule has 3 N–H and O–H groups in total. The van der Waals surface area contributed by atoms with Gasteiger partial charge in [-0.05, 0) is 58.4 Å². The third kappa shape index (κ3) is 12.9. The Morgan fingerprint density at radius 3 is 1.46 bits per heavy atom. The number of nitro groups is 2. The van der Waals surface area contributed by atoms with Crippen LogP contribution in [0.15, 0.2) is 181 Å². The van der Waals surface area contributed by atoms with Crippen molar-refractivity contribution in [3.63, 3.8) is 0 Å². The molecule has 0 radical (unpaired) electrons. The number of halogens is 4. The van der Waals surface area contributed by atoms with E-state index in [0.29, 0.717) is 32.6 Å². The first kappa shape index (κ1) is 49.8. The number of para-hydroxylation sites is 1. The van der Waals surface area contributed by atoms with E-state index in [-0.39, 0.29) is 24.3 Å². The molecular formula is C49H36BBrF3N9O6. The predicted molar refractivity (Wildman–Crippen MR) is 261 cm³/mol. The van der Waals surface area contributed by atoms with Gasteiger partial charge in [0.25, 0.3) is 11.4 Å². The third-order valence-corrected chi connectivity index (χ3v) is 10.1. The maximum atomic E-state index is 12.9. The Labute approximate surface area is 399 Å². The van der Waals surface area contributed by atoms with Crippen molar-refractivity contribution in [2.24, 2.45) is 0 Å². The van der Waals surface area contributed by atoms with Crippen LogP contribution in [0.4, 0.5) is 24.5 Å².